The summed E-state index contributed by atoms with van der Waals surface area (Å²) in [5.74, 6) is 1.65. The highest BCUT2D eigenvalue weighted by atomic mass is 79.9. The van der Waals surface area contributed by atoms with E-state index in [2.05, 4.69) is 32.8 Å². The summed E-state index contributed by atoms with van der Waals surface area (Å²) in [6.45, 7) is 7.12. The zero-order chi connectivity index (χ0) is 9.68. The number of nitrogens with one attached hydrogen (secondary N) is 1. The topological polar surface area (TPSA) is 38.1 Å². The lowest BCUT2D eigenvalue weighted by Crippen LogP contribution is -2.14. The number of aromatic nitrogens is 1. The minimum atomic E-state index is 0.643. The molecule has 1 aromatic rings. The molecule has 0 saturated carbocycles. The van der Waals surface area contributed by atoms with Crippen LogP contribution in [-0.4, -0.2) is 11.5 Å². The summed E-state index contributed by atoms with van der Waals surface area (Å²) in [6, 6.07) is 0. The molecule has 0 spiro atoms. The van der Waals surface area contributed by atoms with Crippen LogP contribution in [0, 0.1) is 0 Å². The van der Waals surface area contributed by atoms with E-state index < -0.39 is 0 Å². The Morgan fingerprint density at radius 2 is 2.54 bits per heavy atom. The van der Waals surface area contributed by atoms with Crippen LogP contribution in [0.1, 0.15) is 18.6 Å². The molecule has 0 amide bonds. The summed E-state index contributed by atoms with van der Waals surface area (Å²) >= 11 is 3.26. The summed E-state index contributed by atoms with van der Waals surface area (Å²) in [6.07, 6.45) is 2.65. The molecule has 3 nitrogen and oxygen atoms in total. The number of hydrogen-bond donors (Lipinski definition) is 1. The first kappa shape index (κ1) is 10.5. The number of aryl methyl sites for hydroxylation is 1. The normalized spacial score (nSPS) is 10.3. The van der Waals surface area contributed by atoms with Crippen LogP contribution in [0.25, 0.3) is 0 Å². The molecule has 0 aliphatic carbocycles. The molecule has 1 N–H and O–H groups in total. The van der Waals surface area contributed by atoms with Gasteiger partial charge in [0.15, 0.2) is 0 Å². The molecule has 0 radical (unpaired) electrons. The van der Waals surface area contributed by atoms with Crippen LogP contribution >= 0.6 is 15.9 Å². The molecule has 1 aromatic heterocycles. The van der Waals surface area contributed by atoms with Crippen molar-refractivity contribution in [2.75, 3.05) is 6.54 Å². The van der Waals surface area contributed by atoms with E-state index in [4.69, 9.17) is 4.42 Å². The Labute approximate surface area is 86.4 Å². The summed E-state index contributed by atoms with van der Waals surface area (Å²) in [7, 11) is 0. The van der Waals surface area contributed by atoms with Gasteiger partial charge < -0.3 is 9.73 Å². The van der Waals surface area contributed by atoms with E-state index in [0.717, 1.165) is 29.1 Å². The van der Waals surface area contributed by atoms with Crippen molar-refractivity contribution in [2.24, 2.45) is 0 Å². The molecule has 0 aromatic carbocycles. The Hall–Kier alpha value is -0.610. The van der Waals surface area contributed by atoms with Crippen molar-refractivity contribution >= 4 is 15.9 Å². The van der Waals surface area contributed by atoms with Crippen LogP contribution in [0.5, 0.6) is 0 Å². The minimum Gasteiger partial charge on any atom is -0.444 e. The summed E-state index contributed by atoms with van der Waals surface area (Å²) in [5, 5.41) is 3.14. The third kappa shape index (κ3) is 3.74. The first-order chi connectivity index (χ1) is 6.22. The van der Waals surface area contributed by atoms with Gasteiger partial charge in [-0.2, -0.15) is 0 Å². The second kappa shape index (κ2) is 5.19. The van der Waals surface area contributed by atoms with Crippen molar-refractivity contribution in [1.82, 2.24) is 10.3 Å². The summed E-state index contributed by atoms with van der Waals surface area (Å²) in [4.78, 5) is 4.11. The highest BCUT2D eigenvalue weighted by Crippen LogP contribution is 2.04. The molecule has 0 atom stereocenters. The molecular weight excluding hydrogens is 232 g/mol. The van der Waals surface area contributed by atoms with Gasteiger partial charge in [0.05, 0.1) is 12.7 Å². The first-order valence-corrected chi connectivity index (χ1v) is 4.99. The number of nitrogens with zero attached hydrogens (tertiary/aromatic N) is 1. The standard InChI is InChI=1S/C9H13BrN2O/c1-3-8-5-12-9(13-8)6-11-4-7(2)10/h5,11H,2-4,6H2,1H3. The van der Waals surface area contributed by atoms with Gasteiger partial charge in [-0.25, -0.2) is 4.98 Å². The van der Waals surface area contributed by atoms with Gasteiger partial charge in [-0.1, -0.05) is 29.4 Å². The largest absolute Gasteiger partial charge is 0.444 e. The zero-order valence-corrected chi connectivity index (χ0v) is 9.23. The maximum Gasteiger partial charge on any atom is 0.208 e. The maximum absolute atomic E-state index is 5.40. The lowest BCUT2D eigenvalue weighted by atomic mass is 10.4. The van der Waals surface area contributed by atoms with Gasteiger partial charge in [-0.05, 0) is 0 Å². The molecule has 4 heteroatoms. The van der Waals surface area contributed by atoms with Gasteiger partial charge in [0.25, 0.3) is 0 Å². The predicted molar refractivity (Wildman–Crippen MR) is 55.7 cm³/mol. The third-order valence-electron chi connectivity index (χ3n) is 1.54. The quantitative estimate of drug-likeness (QED) is 0.864. The van der Waals surface area contributed by atoms with E-state index in [1.807, 2.05) is 6.92 Å². The van der Waals surface area contributed by atoms with E-state index in [1.165, 1.54) is 0 Å². The van der Waals surface area contributed by atoms with E-state index in [1.54, 1.807) is 6.20 Å². The Morgan fingerprint density at radius 1 is 1.77 bits per heavy atom. The van der Waals surface area contributed by atoms with Crippen LogP contribution in [0.3, 0.4) is 0 Å². The fraction of sp³-hybridized carbons (Fsp3) is 0.444. The fourth-order valence-electron chi connectivity index (χ4n) is 0.898. The molecule has 72 valence electrons. The molecule has 0 aliphatic rings. The maximum atomic E-state index is 5.40. The Bertz CT molecular complexity index is 283. The molecule has 0 aliphatic heterocycles. The second-order valence-electron chi connectivity index (χ2n) is 2.69. The number of oxazole rings is 1. The van der Waals surface area contributed by atoms with Gasteiger partial charge in [0.1, 0.15) is 5.76 Å². The SMILES string of the molecule is C=C(Br)CNCc1ncc(CC)o1. The molecule has 1 heterocycles. The highest BCUT2D eigenvalue weighted by molar-refractivity contribution is 9.11. The van der Waals surface area contributed by atoms with Crippen molar-refractivity contribution in [1.29, 1.82) is 0 Å². The van der Waals surface area contributed by atoms with E-state index >= 15 is 0 Å². The van der Waals surface area contributed by atoms with Gasteiger partial charge in [-0.3, -0.25) is 0 Å². The molecule has 0 unspecified atom stereocenters. The molecule has 13 heavy (non-hydrogen) atoms. The fourth-order valence-corrected chi connectivity index (χ4v) is 1.10. The lowest BCUT2D eigenvalue weighted by Gasteiger charge is -1.98. The zero-order valence-electron chi connectivity index (χ0n) is 7.64. The minimum absolute atomic E-state index is 0.643. The van der Waals surface area contributed by atoms with Crippen LogP contribution in [0.2, 0.25) is 0 Å². The van der Waals surface area contributed by atoms with Crippen LogP contribution in [-0.2, 0) is 13.0 Å². The van der Waals surface area contributed by atoms with Gasteiger partial charge in [0, 0.05) is 17.4 Å². The molecular formula is C9H13BrN2O. The molecule has 0 saturated heterocycles. The van der Waals surface area contributed by atoms with Crippen LogP contribution < -0.4 is 5.32 Å². The van der Waals surface area contributed by atoms with Gasteiger partial charge >= 0.3 is 0 Å². The summed E-state index contributed by atoms with van der Waals surface area (Å²) in [5.41, 5.74) is 0. The number of hydrogen-bond acceptors (Lipinski definition) is 3. The van der Waals surface area contributed by atoms with Gasteiger partial charge in [-0.15, -0.1) is 0 Å². The Morgan fingerprint density at radius 3 is 3.08 bits per heavy atom. The van der Waals surface area contributed by atoms with Crippen molar-refractivity contribution in [3.63, 3.8) is 0 Å². The van der Waals surface area contributed by atoms with Gasteiger partial charge in [0.2, 0.25) is 5.89 Å². The number of halogens is 1. The van der Waals surface area contributed by atoms with E-state index in [-0.39, 0.29) is 0 Å². The Balaban J connectivity index is 2.32. The Kier molecular flexibility index (Phi) is 4.18. The van der Waals surface area contributed by atoms with E-state index in [0.29, 0.717) is 6.54 Å². The van der Waals surface area contributed by atoms with Crippen molar-refractivity contribution in [3.8, 4) is 0 Å². The third-order valence-corrected chi connectivity index (χ3v) is 1.82. The molecule has 0 bridgehead atoms. The monoisotopic (exact) mass is 244 g/mol. The van der Waals surface area contributed by atoms with Crippen molar-refractivity contribution in [3.05, 3.63) is 28.9 Å². The summed E-state index contributed by atoms with van der Waals surface area (Å²) < 4.78 is 6.32. The average Bonchev–Trinajstić information content (AvgIpc) is 2.52. The van der Waals surface area contributed by atoms with Crippen molar-refractivity contribution in [2.45, 2.75) is 19.9 Å². The van der Waals surface area contributed by atoms with Crippen LogP contribution in [0.4, 0.5) is 0 Å². The smallest absolute Gasteiger partial charge is 0.208 e. The predicted octanol–water partition coefficient (Wildman–Crippen LogP) is 2.24. The van der Waals surface area contributed by atoms with Crippen molar-refractivity contribution < 1.29 is 4.42 Å². The number of rotatable bonds is 5. The molecule has 0 fully saturated rings. The van der Waals surface area contributed by atoms with Crippen LogP contribution in [0.15, 0.2) is 21.7 Å². The first-order valence-electron chi connectivity index (χ1n) is 4.20. The highest BCUT2D eigenvalue weighted by Gasteiger charge is 2.00. The average molecular weight is 245 g/mol. The lowest BCUT2D eigenvalue weighted by molar-refractivity contribution is 0.444. The molecule has 1 rings (SSSR count). The second-order valence-corrected chi connectivity index (χ2v) is 3.82. The van der Waals surface area contributed by atoms with E-state index in [9.17, 15) is 0 Å².